The minimum absolute atomic E-state index is 0.00188. The second-order valence-electron chi connectivity index (χ2n) is 10.3. The van der Waals surface area contributed by atoms with E-state index < -0.39 is 34.0 Å². The molecule has 244 valence electrons. The summed E-state index contributed by atoms with van der Waals surface area (Å²) in [5, 5.41) is 14.3. The molecule has 3 N–H and O–H groups in total. The van der Waals surface area contributed by atoms with E-state index in [1.54, 1.807) is 24.3 Å². The van der Waals surface area contributed by atoms with Crippen molar-refractivity contribution >= 4 is 104 Å². The van der Waals surface area contributed by atoms with Crippen LogP contribution < -0.4 is 10.6 Å². The Morgan fingerprint density at radius 2 is 1.62 bits per heavy atom. The molecule has 2 heterocycles. The lowest BCUT2D eigenvalue weighted by molar-refractivity contribution is -0.113. The number of carbonyl (C=O) groups excluding carboxylic acids is 3. The summed E-state index contributed by atoms with van der Waals surface area (Å²) in [5.41, 5.74) is 1.75. The lowest BCUT2D eigenvalue weighted by Gasteiger charge is -2.27. The molecule has 15 heteroatoms. The molecule has 0 spiro atoms. The smallest absolute Gasteiger partial charge is 0.341 e. The molecule has 0 aliphatic carbocycles. The number of anilines is 2. The third kappa shape index (κ3) is 7.89. The predicted molar refractivity (Wildman–Crippen MR) is 187 cm³/mol. The number of thiophene rings is 1. The zero-order chi connectivity index (χ0) is 33.8. The number of rotatable bonds is 10. The van der Waals surface area contributed by atoms with Gasteiger partial charge in [0.1, 0.15) is 5.00 Å². The molecule has 3 aromatic carbocycles. The molecule has 0 fully saturated rings. The number of carbonyl (C=O) groups is 4. The minimum atomic E-state index is -1.51. The second kappa shape index (κ2) is 15.3. The fourth-order valence-electron chi connectivity index (χ4n) is 5.05. The molecule has 0 unspecified atom stereocenters. The fourth-order valence-corrected chi connectivity index (χ4v) is 8.12. The molecule has 1 aliphatic heterocycles. The van der Waals surface area contributed by atoms with Crippen LogP contribution in [-0.2, 0) is 29.0 Å². The van der Waals surface area contributed by atoms with E-state index in [0.29, 0.717) is 34.1 Å². The molecule has 2 amide bonds. The Kier molecular flexibility index (Phi) is 11.4. The van der Waals surface area contributed by atoms with E-state index in [-0.39, 0.29) is 26.7 Å². The lowest BCUT2D eigenvalue weighted by Crippen LogP contribution is -2.29. The summed E-state index contributed by atoms with van der Waals surface area (Å²) in [7, 11) is 1.32. The van der Waals surface area contributed by atoms with Gasteiger partial charge in [-0.15, -0.1) is 23.1 Å². The average molecular weight is 754 g/mol. The number of nitrogens with one attached hydrogen (secondary N) is 2. The van der Waals surface area contributed by atoms with Gasteiger partial charge in [-0.25, -0.2) is 9.59 Å². The van der Waals surface area contributed by atoms with E-state index in [4.69, 9.17) is 51.1 Å². The number of methoxy groups -OCH3 is 1. The number of halogens is 4. The van der Waals surface area contributed by atoms with Crippen molar-refractivity contribution in [2.75, 3.05) is 30.0 Å². The van der Waals surface area contributed by atoms with Crippen LogP contribution in [0.25, 0.3) is 0 Å². The molecule has 1 aromatic heterocycles. The number of aromatic carboxylic acids is 1. The number of hydrogen-bond acceptors (Lipinski definition) is 8. The molecule has 9 nitrogen and oxygen atoms in total. The number of esters is 1. The Hall–Kier alpha value is -3.29. The molecule has 5 rings (SSSR count). The van der Waals surface area contributed by atoms with Gasteiger partial charge < -0.3 is 20.5 Å². The van der Waals surface area contributed by atoms with E-state index in [0.717, 1.165) is 23.5 Å². The summed E-state index contributed by atoms with van der Waals surface area (Å²) in [4.78, 5) is 54.8. The highest BCUT2D eigenvalue weighted by Gasteiger charge is 2.30. The molecule has 1 aliphatic rings. The molecule has 0 saturated heterocycles. The molecular formula is C32H25Cl4N3O6S2. The van der Waals surface area contributed by atoms with E-state index in [2.05, 4.69) is 27.7 Å². The molecule has 0 saturated carbocycles. The Morgan fingerprint density at radius 3 is 2.30 bits per heavy atom. The van der Waals surface area contributed by atoms with Gasteiger partial charge in [0.2, 0.25) is 5.91 Å². The maximum absolute atomic E-state index is 13.1. The van der Waals surface area contributed by atoms with Gasteiger partial charge in [-0.3, -0.25) is 14.5 Å². The van der Waals surface area contributed by atoms with Crippen molar-refractivity contribution in [2.24, 2.45) is 0 Å². The van der Waals surface area contributed by atoms with Gasteiger partial charge >= 0.3 is 11.9 Å². The summed E-state index contributed by atoms with van der Waals surface area (Å²) in [6, 6.07) is 16.7. The first-order valence-electron chi connectivity index (χ1n) is 13.9. The Labute approximate surface area is 298 Å². The predicted octanol–water partition coefficient (Wildman–Crippen LogP) is 8.39. The van der Waals surface area contributed by atoms with Gasteiger partial charge in [-0.2, -0.15) is 0 Å². The van der Waals surface area contributed by atoms with Crippen LogP contribution in [-0.4, -0.2) is 53.2 Å². The number of thioether (sulfide) groups is 1. The van der Waals surface area contributed by atoms with E-state index >= 15 is 0 Å². The van der Waals surface area contributed by atoms with Gasteiger partial charge in [0, 0.05) is 35.1 Å². The topological polar surface area (TPSA) is 125 Å². The molecule has 4 aromatic rings. The van der Waals surface area contributed by atoms with Crippen LogP contribution in [0.15, 0.2) is 59.5 Å². The van der Waals surface area contributed by atoms with Crippen molar-refractivity contribution in [3.05, 3.63) is 107 Å². The maximum atomic E-state index is 13.1. The number of nitrogens with zero attached hydrogens (tertiary/aromatic N) is 1. The van der Waals surface area contributed by atoms with Gasteiger partial charge in [-0.1, -0.05) is 82.8 Å². The molecule has 0 bridgehead atoms. The molecule has 47 heavy (non-hydrogen) atoms. The maximum Gasteiger partial charge on any atom is 0.341 e. The van der Waals surface area contributed by atoms with Gasteiger partial charge in [-0.05, 0) is 35.7 Å². The Bertz CT molecular complexity index is 1890. The van der Waals surface area contributed by atoms with Crippen LogP contribution in [0.3, 0.4) is 0 Å². The van der Waals surface area contributed by atoms with Gasteiger partial charge in [0.15, 0.2) is 0 Å². The lowest BCUT2D eigenvalue weighted by atomic mass is 10.0. The standard InChI is InChI=1S/C32H25Cl4N3O6S2/c1-45-32(44)22-19-10-11-39(13-16-6-3-2-4-7-16)14-20(19)47-30(22)38-21(40)15-46-18-9-5-8-17(12-18)37-29(41)23-24(31(42)43)26(34)28(36)27(35)25(23)33/h2-9,12H,10-11,13-15H2,1H3,(H,37,41)(H,38,40)(H,42,43). The van der Waals surface area contributed by atoms with E-state index in [9.17, 15) is 24.3 Å². The van der Waals surface area contributed by atoms with E-state index in [1.807, 2.05) is 18.2 Å². The number of hydrogen-bond donors (Lipinski definition) is 3. The number of benzene rings is 3. The van der Waals surface area contributed by atoms with Crippen LogP contribution >= 0.6 is 69.5 Å². The SMILES string of the molecule is COC(=O)c1c(NC(=O)CSc2cccc(NC(=O)c3c(Cl)c(Cl)c(Cl)c(Cl)c3C(=O)O)c2)sc2c1CCN(Cc1ccccc1)C2. The zero-order valence-corrected chi connectivity index (χ0v) is 29.2. The van der Waals surface area contributed by atoms with Crippen molar-refractivity contribution in [1.29, 1.82) is 0 Å². The summed E-state index contributed by atoms with van der Waals surface area (Å²) in [5.74, 6) is -3.22. The number of carboxylic acid groups (broad SMARTS) is 1. The summed E-state index contributed by atoms with van der Waals surface area (Å²) < 4.78 is 5.06. The van der Waals surface area contributed by atoms with Crippen molar-refractivity contribution in [3.63, 3.8) is 0 Å². The second-order valence-corrected chi connectivity index (χ2v) is 13.9. The van der Waals surface area contributed by atoms with Crippen molar-refractivity contribution in [1.82, 2.24) is 4.90 Å². The average Bonchev–Trinajstić information content (AvgIpc) is 3.41. The van der Waals surface area contributed by atoms with Crippen LogP contribution in [0.2, 0.25) is 20.1 Å². The van der Waals surface area contributed by atoms with Crippen molar-refractivity contribution in [2.45, 2.75) is 24.4 Å². The Balaban J connectivity index is 1.26. The molecule has 0 radical (unpaired) electrons. The number of ether oxygens (including phenoxy) is 1. The normalized spacial score (nSPS) is 12.7. The molecular weight excluding hydrogens is 728 g/mol. The number of carboxylic acids is 1. The van der Waals surface area contributed by atoms with Gasteiger partial charge in [0.05, 0.1) is 49.6 Å². The third-order valence-electron chi connectivity index (χ3n) is 7.20. The van der Waals surface area contributed by atoms with Crippen LogP contribution in [0.5, 0.6) is 0 Å². The molecule has 0 atom stereocenters. The van der Waals surface area contributed by atoms with E-state index in [1.165, 1.54) is 35.8 Å². The zero-order valence-electron chi connectivity index (χ0n) is 24.5. The third-order valence-corrected chi connectivity index (χ3v) is 11.1. The highest BCUT2D eigenvalue weighted by atomic mass is 35.5. The first-order chi connectivity index (χ1) is 22.5. The highest BCUT2D eigenvalue weighted by Crippen LogP contribution is 2.42. The summed E-state index contributed by atoms with van der Waals surface area (Å²) in [6.07, 6.45) is 0.653. The van der Waals surface area contributed by atoms with Crippen LogP contribution in [0, 0.1) is 0 Å². The Morgan fingerprint density at radius 1 is 0.915 bits per heavy atom. The number of amides is 2. The van der Waals surface area contributed by atoms with Crippen molar-refractivity contribution in [3.8, 4) is 0 Å². The van der Waals surface area contributed by atoms with Crippen LogP contribution in [0.4, 0.5) is 10.7 Å². The highest BCUT2D eigenvalue weighted by molar-refractivity contribution is 8.00. The van der Waals surface area contributed by atoms with Gasteiger partial charge in [0.25, 0.3) is 5.91 Å². The monoisotopic (exact) mass is 751 g/mol. The first kappa shape index (κ1) is 35.0. The summed E-state index contributed by atoms with van der Waals surface area (Å²) >= 11 is 26.9. The largest absolute Gasteiger partial charge is 0.478 e. The number of fused-ring (bicyclic) bond motifs is 1. The summed E-state index contributed by atoms with van der Waals surface area (Å²) in [6.45, 7) is 2.19. The van der Waals surface area contributed by atoms with Crippen LogP contribution in [0.1, 0.15) is 47.1 Å². The minimum Gasteiger partial charge on any atom is -0.478 e. The fraction of sp³-hybridized carbons (Fsp3) is 0.188. The first-order valence-corrected chi connectivity index (χ1v) is 17.2. The van der Waals surface area contributed by atoms with Crippen molar-refractivity contribution < 1.29 is 29.0 Å². The quantitative estimate of drug-likeness (QED) is 0.0639.